The highest BCUT2D eigenvalue weighted by Crippen LogP contribution is 2.33. The molecule has 0 radical (unpaired) electrons. The van der Waals surface area contributed by atoms with E-state index in [2.05, 4.69) is 5.10 Å². The SMILES string of the molecule is NC(=O)Cn1cc2c(n1)CN=C(c1ccccc1)c1cc(Cl)ccc1-2. The molecular formula is C19H15ClN4O. The molecule has 2 aromatic carbocycles. The van der Waals surface area contributed by atoms with E-state index >= 15 is 0 Å². The van der Waals surface area contributed by atoms with Gasteiger partial charge in [0.2, 0.25) is 5.91 Å². The lowest BCUT2D eigenvalue weighted by Crippen LogP contribution is -2.19. The van der Waals surface area contributed by atoms with Gasteiger partial charge in [-0.2, -0.15) is 5.10 Å². The second-order valence-electron chi connectivity index (χ2n) is 5.87. The van der Waals surface area contributed by atoms with E-state index in [0.29, 0.717) is 11.6 Å². The van der Waals surface area contributed by atoms with Gasteiger partial charge in [-0.05, 0) is 17.7 Å². The fourth-order valence-electron chi connectivity index (χ4n) is 3.07. The zero-order chi connectivity index (χ0) is 17.4. The highest BCUT2D eigenvalue weighted by Gasteiger charge is 2.22. The largest absolute Gasteiger partial charge is 0.368 e. The molecule has 0 atom stereocenters. The van der Waals surface area contributed by atoms with Crippen molar-refractivity contribution in [2.45, 2.75) is 13.1 Å². The first-order valence-corrected chi connectivity index (χ1v) is 8.24. The van der Waals surface area contributed by atoms with Crippen molar-refractivity contribution in [3.05, 3.63) is 76.6 Å². The van der Waals surface area contributed by atoms with Crippen LogP contribution in [0.3, 0.4) is 0 Å². The molecule has 0 unspecified atom stereocenters. The number of carbonyl (C=O) groups excluding carboxylic acids is 1. The van der Waals surface area contributed by atoms with E-state index in [1.807, 2.05) is 54.7 Å². The molecule has 3 aromatic rings. The van der Waals surface area contributed by atoms with Crippen molar-refractivity contribution in [2.24, 2.45) is 10.7 Å². The number of halogens is 1. The van der Waals surface area contributed by atoms with E-state index in [1.54, 1.807) is 4.68 Å². The van der Waals surface area contributed by atoms with Crippen molar-refractivity contribution in [3.8, 4) is 11.1 Å². The van der Waals surface area contributed by atoms with Crippen LogP contribution in [0, 0.1) is 0 Å². The zero-order valence-corrected chi connectivity index (χ0v) is 14.1. The maximum atomic E-state index is 11.2. The predicted octanol–water partition coefficient (Wildman–Crippen LogP) is 3.04. The van der Waals surface area contributed by atoms with Gasteiger partial charge in [-0.1, -0.05) is 48.0 Å². The molecule has 0 bridgehead atoms. The summed E-state index contributed by atoms with van der Waals surface area (Å²) in [5.41, 5.74) is 10.9. The maximum Gasteiger partial charge on any atom is 0.239 e. The molecule has 0 saturated carbocycles. The molecule has 0 fully saturated rings. The first-order chi connectivity index (χ1) is 12.1. The van der Waals surface area contributed by atoms with Gasteiger partial charge in [-0.25, -0.2) is 0 Å². The number of fused-ring (bicyclic) bond motifs is 3. The summed E-state index contributed by atoms with van der Waals surface area (Å²) in [5.74, 6) is -0.428. The fourth-order valence-corrected chi connectivity index (χ4v) is 3.25. The Labute approximate surface area is 149 Å². The number of aromatic nitrogens is 2. The molecule has 5 nitrogen and oxygen atoms in total. The van der Waals surface area contributed by atoms with Crippen LogP contribution < -0.4 is 5.73 Å². The van der Waals surface area contributed by atoms with Gasteiger partial charge < -0.3 is 5.73 Å². The van der Waals surface area contributed by atoms with Crippen LogP contribution in [0.15, 0.2) is 59.7 Å². The Balaban J connectivity index is 1.90. The van der Waals surface area contributed by atoms with E-state index < -0.39 is 5.91 Å². The number of hydrogen-bond donors (Lipinski definition) is 1. The normalized spacial score (nSPS) is 12.8. The van der Waals surface area contributed by atoms with Crippen LogP contribution >= 0.6 is 11.6 Å². The van der Waals surface area contributed by atoms with Gasteiger partial charge >= 0.3 is 0 Å². The molecule has 4 rings (SSSR count). The first kappa shape index (κ1) is 15.6. The summed E-state index contributed by atoms with van der Waals surface area (Å²) in [6, 6.07) is 15.7. The van der Waals surface area contributed by atoms with Gasteiger partial charge in [0.1, 0.15) is 6.54 Å². The van der Waals surface area contributed by atoms with Crippen LogP contribution in [-0.4, -0.2) is 21.4 Å². The van der Waals surface area contributed by atoms with Crippen LogP contribution in [0.4, 0.5) is 0 Å². The summed E-state index contributed by atoms with van der Waals surface area (Å²) >= 11 is 6.25. The lowest BCUT2D eigenvalue weighted by molar-refractivity contribution is -0.118. The summed E-state index contributed by atoms with van der Waals surface area (Å²) in [6.45, 7) is 0.475. The van der Waals surface area contributed by atoms with Crippen molar-refractivity contribution < 1.29 is 4.79 Å². The highest BCUT2D eigenvalue weighted by molar-refractivity contribution is 6.31. The Kier molecular flexibility index (Phi) is 3.86. The highest BCUT2D eigenvalue weighted by atomic mass is 35.5. The number of amides is 1. The van der Waals surface area contributed by atoms with Crippen molar-refractivity contribution >= 4 is 23.2 Å². The molecular weight excluding hydrogens is 336 g/mol. The van der Waals surface area contributed by atoms with E-state index in [-0.39, 0.29) is 6.54 Å². The molecule has 1 aliphatic heterocycles. The predicted molar refractivity (Wildman–Crippen MR) is 97.7 cm³/mol. The molecule has 0 saturated heterocycles. The van der Waals surface area contributed by atoms with Crippen LogP contribution in [0.2, 0.25) is 5.02 Å². The second-order valence-corrected chi connectivity index (χ2v) is 6.31. The summed E-state index contributed by atoms with van der Waals surface area (Å²) < 4.78 is 1.56. The Morgan fingerprint density at radius 2 is 1.92 bits per heavy atom. The third-order valence-corrected chi connectivity index (χ3v) is 4.35. The Hall–Kier alpha value is -2.92. The summed E-state index contributed by atoms with van der Waals surface area (Å²) in [6.07, 6.45) is 1.84. The van der Waals surface area contributed by atoms with E-state index in [9.17, 15) is 4.79 Å². The number of hydrogen-bond acceptors (Lipinski definition) is 3. The number of nitrogens with two attached hydrogens (primary N) is 1. The third-order valence-electron chi connectivity index (χ3n) is 4.12. The molecule has 6 heteroatoms. The molecule has 124 valence electrons. The van der Waals surface area contributed by atoms with E-state index in [0.717, 1.165) is 33.7 Å². The van der Waals surface area contributed by atoms with Crippen LogP contribution in [-0.2, 0) is 17.9 Å². The zero-order valence-electron chi connectivity index (χ0n) is 13.3. The first-order valence-electron chi connectivity index (χ1n) is 7.86. The van der Waals surface area contributed by atoms with Gasteiger partial charge in [0, 0.05) is 27.9 Å². The Morgan fingerprint density at radius 1 is 1.12 bits per heavy atom. The smallest absolute Gasteiger partial charge is 0.239 e. The molecule has 1 amide bonds. The van der Waals surface area contributed by atoms with Crippen LogP contribution in [0.25, 0.3) is 11.1 Å². The lowest BCUT2D eigenvalue weighted by atomic mass is 9.94. The minimum Gasteiger partial charge on any atom is -0.368 e. The fraction of sp³-hybridized carbons (Fsp3) is 0.105. The second kappa shape index (κ2) is 6.18. The maximum absolute atomic E-state index is 11.2. The summed E-state index contributed by atoms with van der Waals surface area (Å²) in [7, 11) is 0. The van der Waals surface area contributed by atoms with Crippen molar-refractivity contribution in [2.75, 3.05) is 0 Å². The molecule has 1 aromatic heterocycles. The number of nitrogens with zero attached hydrogens (tertiary/aromatic N) is 3. The van der Waals surface area contributed by atoms with Gasteiger partial charge in [0.15, 0.2) is 0 Å². The van der Waals surface area contributed by atoms with Gasteiger partial charge in [-0.3, -0.25) is 14.5 Å². The van der Waals surface area contributed by atoms with Crippen molar-refractivity contribution in [3.63, 3.8) is 0 Å². The Bertz CT molecular complexity index is 992. The summed E-state index contributed by atoms with van der Waals surface area (Å²) in [4.78, 5) is 16.0. The molecule has 1 aliphatic rings. The van der Waals surface area contributed by atoms with Gasteiger partial charge in [0.05, 0.1) is 18.0 Å². The van der Waals surface area contributed by atoms with E-state index in [1.165, 1.54) is 0 Å². The van der Waals surface area contributed by atoms with Crippen molar-refractivity contribution in [1.82, 2.24) is 9.78 Å². The molecule has 0 aliphatic carbocycles. The molecule has 0 spiro atoms. The number of primary amides is 1. The molecule has 2 heterocycles. The number of carbonyl (C=O) groups is 1. The lowest BCUT2D eigenvalue weighted by Gasteiger charge is -2.10. The summed E-state index contributed by atoms with van der Waals surface area (Å²) in [5, 5.41) is 5.12. The minimum absolute atomic E-state index is 0.0468. The van der Waals surface area contributed by atoms with E-state index in [4.69, 9.17) is 22.3 Å². The molecule has 25 heavy (non-hydrogen) atoms. The van der Waals surface area contributed by atoms with Gasteiger partial charge in [0.25, 0.3) is 0 Å². The minimum atomic E-state index is -0.428. The van der Waals surface area contributed by atoms with Gasteiger partial charge in [-0.15, -0.1) is 0 Å². The topological polar surface area (TPSA) is 73.3 Å². The standard InChI is InChI=1S/C19H15ClN4O/c20-13-6-7-14-15(8-13)19(12-4-2-1-3-5-12)22-9-17-16(14)10-24(23-17)11-18(21)25/h1-8,10H,9,11H2,(H2,21,25). The number of aliphatic imine (C=N–C) groups is 1. The number of benzene rings is 2. The monoisotopic (exact) mass is 350 g/mol. The van der Waals surface area contributed by atoms with Crippen LogP contribution in [0.1, 0.15) is 16.8 Å². The Morgan fingerprint density at radius 3 is 2.68 bits per heavy atom. The number of rotatable bonds is 3. The quantitative estimate of drug-likeness (QED) is 0.788. The van der Waals surface area contributed by atoms with Crippen LogP contribution in [0.5, 0.6) is 0 Å². The average Bonchev–Trinajstić information content (AvgIpc) is 2.91. The third kappa shape index (κ3) is 2.94. The molecule has 2 N–H and O–H groups in total. The van der Waals surface area contributed by atoms with Crippen molar-refractivity contribution in [1.29, 1.82) is 0 Å². The average molecular weight is 351 g/mol.